The summed E-state index contributed by atoms with van der Waals surface area (Å²) in [6, 6.07) is 10.1. The number of aromatic amines is 1. The van der Waals surface area contributed by atoms with Gasteiger partial charge in [0.05, 0.1) is 6.04 Å². The molecule has 1 aromatic carbocycles. The smallest absolute Gasteiger partial charge is 0.248 e. The minimum Gasteiger partial charge on any atom is -0.353 e. The Balaban J connectivity index is 1.89. The van der Waals surface area contributed by atoms with Crippen LogP contribution in [0.5, 0.6) is 0 Å². The molecule has 0 saturated carbocycles. The minimum absolute atomic E-state index is 0.0992. The van der Waals surface area contributed by atoms with Crippen LogP contribution in [-0.2, 0) is 5.54 Å². The average molecular weight is 384 g/mol. The molecule has 8 heteroatoms. The molecule has 0 unspecified atom stereocenters. The summed E-state index contributed by atoms with van der Waals surface area (Å²) in [5.41, 5.74) is -0.604. The highest BCUT2D eigenvalue weighted by Gasteiger charge is 2.46. The van der Waals surface area contributed by atoms with E-state index in [-0.39, 0.29) is 11.5 Å². The molecule has 0 amide bonds. The highest BCUT2D eigenvalue weighted by Crippen LogP contribution is 2.38. The number of rotatable bonds is 3. The maximum atomic E-state index is 14.3. The number of hydrogen-bond donors (Lipinski definition) is 2. The van der Waals surface area contributed by atoms with Crippen LogP contribution in [0.25, 0.3) is 0 Å². The lowest BCUT2D eigenvalue weighted by atomic mass is 9.78. The fraction of sp³-hybridized carbons (Fsp3) is 0.150. The van der Waals surface area contributed by atoms with E-state index in [1.54, 1.807) is 25.1 Å². The van der Waals surface area contributed by atoms with Gasteiger partial charge in [0, 0.05) is 12.3 Å². The fourth-order valence-electron chi connectivity index (χ4n) is 3.52. The molecule has 0 saturated heterocycles. The quantitative estimate of drug-likeness (QED) is 0.683. The van der Waals surface area contributed by atoms with E-state index in [4.69, 9.17) is 0 Å². The monoisotopic (exact) mass is 384 g/mol. The molecule has 142 valence electrons. The van der Waals surface area contributed by atoms with Gasteiger partial charge >= 0.3 is 0 Å². The van der Waals surface area contributed by atoms with E-state index < -0.39 is 34.7 Å². The standard InChI is InChI=1S/C20H15F3N4O/c1-11-20(12-2-4-14(21)5-3-12,13-8-9-24-16(23)10-13)27-19(25-11)18-15(22)6-7-17(28)26-18/h2-11H,1H3,(H,25,27)(H,26,28)/t11-,20-/m0/s1. The first-order valence-corrected chi connectivity index (χ1v) is 8.53. The molecule has 28 heavy (non-hydrogen) atoms. The fourth-order valence-corrected chi connectivity index (χ4v) is 3.52. The van der Waals surface area contributed by atoms with Crippen LogP contribution < -0.4 is 10.9 Å². The second-order valence-electron chi connectivity index (χ2n) is 6.51. The van der Waals surface area contributed by atoms with E-state index in [2.05, 4.69) is 20.3 Å². The normalized spacial score (nSPS) is 21.3. The van der Waals surface area contributed by atoms with Crippen LogP contribution in [0.15, 0.2) is 64.5 Å². The molecule has 2 aromatic heterocycles. The predicted octanol–water partition coefficient (Wildman–Crippen LogP) is 2.87. The number of benzene rings is 1. The van der Waals surface area contributed by atoms with Crippen molar-refractivity contribution in [2.75, 3.05) is 0 Å². The van der Waals surface area contributed by atoms with Gasteiger partial charge in [0.2, 0.25) is 11.5 Å². The number of nitrogens with zero attached hydrogens (tertiary/aromatic N) is 2. The first kappa shape index (κ1) is 18.0. The van der Waals surface area contributed by atoms with E-state index in [1.807, 2.05) is 0 Å². The van der Waals surface area contributed by atoms with Crippen LogP contribution in [0.1, 0.15) is 23.7 Å². The van der Waals surface area contributed by atoms with Crippen molar-refractivity contribution in [3.63, 3.8) is 0 Å². The summed E-state index contributed by atoms with van der Waals surface area (Å²) in [7, 11) is 0. The van der Waals surface area contributed by atoms with E-state index in [0.717, 1.165) is 12.1 Å². The van der Waals surface area contributed by atoms with Crippen molar-refractivity contribution in [1.29, 1.82) is 0 Å². The first-order chi connectivity index (χ1) is 13.4. The third kappa shape index (κ3) is 2.87. The minimum atomic E-state index is -1.11. The average Bonchev–Trinajstić information content (AvgIpc) is 3.02. The summed E-state index contributed by atoms with van der Waals surface area (Å²) in [5, 5.41) is 3.14. The van der Waals surface area contributed by atoms with Gasteiger partial charge in [-0.1, -0.05) is 12.1 Å². The molecule has 0 spiro atoms. The molecule has 3 heterocycles. The molecule has 1 aliphatic heterocycles. The number of pyridine rings is 2. The van der Waals surface area contributed by atoms with Crippen molar-refractivity contribution in [2.24, 2.45) is 4.99 Å². The second kappa shape index (κ2) is 6.63. The van der Waals surface area contributed by atoms with Crippen molar-refractivity contribution >= 4 is 5.84 Å². The molecular formula is C20H15F3N4O. The van der Waals surface area contributed by atoms with Crippen LogP contribution in [0.2, 0.25) is 0 Å². The Bertz CT molecular complexity index is 1130. The van der Waals surface area contributed by atoms with Crippen LogP contribution in [-0.4, -0.2) is 21.8 Å². The van der Waals surface area contributed by atoms with Crippen molar-refractivity contribution in [2.45, 2.75) is 18.5 Å². The lowest BCUT2D eigenvalue weighted by Crippen LogP contribution is -2.48. The van der Waals surface area contributed by atoms with Gasteiger partial charge in [-0.2, -0.15) is 4.39 Å². The van der Waals surface area contributed by atoms with Crippen LogP contribution in [0.4, 0.5) is 13.2 Å². The Labute approximate surface area is 158 Å². The zero-order chi connectivity index (χ0) is 19.9. The molecular weight excluding hydrogens is 369 g/mol. The number of H-pyrrole nitrogens is 1. The SMILES string of the molecule is C[C@@H]1N=C(c2[nH]c(=O)ccc2F)N[C@@]1(c1ccc(F)cc1)c1ccnc(F)c1. The van der Waals surface area contributed by atoms with Gasteiger partial charge in [-0.3, -0.25) is 9.79 Å². The maximum Gasteiger partial charge on any atom is 0.248 e. The van der Waals surface area contributed by atoms with E-state index in [9.17, 15) is 18.0 Å². The molecule has 5 nitrogen and oxygen atoms in total. The zero-order valence-electron chi connectivity index (χ0n) is 14.7. The molecule has 0 radical (unpaired) electrons. The lowest BCUT2D eigenvalue weighted by molar-refractivity contribution is 0.429. The molecule has 2 N–H and O–H groups in total. The van der Waals surface area contributed by atoms with Crippen molar-refractivity contribution < 1.29 is 13.2 Å². The predicted molar refractivity (Wildman–Crippen MR) is 97.5 cm³/mol. The van der Waals surface area contributed by atoms with Gasteiger partial charge < -0.3 is 10.3 Å². The third-order valence-electron chi connectivity index (χ3n) is 4.85. The Morgan fingerprint density at radius 2 is 1.75 bits per heavy atom. The van der Waals surface area contributed by atoms with Crippen molar-refractivity contribution in [3.8, 4) is 0 Å². The zero-order valence-corrected chi connectivity index (χ0v) is 14.7. The van der Waals surface area contributed by atoms with Gasteiger partial charge in [0.15, 0.2) is 5.82 Å². The van der Waals surface area contributed by atoms with Crippen LogP contribution >= 0.6 is 0 Å². The Morgan fingerprint density at radius 1 is 1.00 bits per heavy atom. The van der Waals surface area contributed by atoms with Gasteiger partial charge in [0.25, 0.3) is 0 Å². The van der Waals surface area contributed by atoms with E-state index >= 15 is 0 Å². The molecule has 2 atom stereocenters. The number of nitrogens with one attached hydrogen (secondary N) is 2. The summed E-state index contributed by atoms with van der Waals surface area (Å²) in [5.74, 6) is -1.66. The summed E-state index contributed by atoms with van der Waals surface area (Å²) >= 11 is 0. The number of aromatic nitrogens is 2. The Kier molecular flexibility index (Phi) is 4.26. The molecule has 0 bridgehead atoms. The summed E-state index contributed by atoms with van der Waals surface area (Å²) in [6.45, 7) is 1.76. The van der Waals surface area contributed by atoms with Gasteiger partial charge in [0.1, 0.15) is 22.9 Å². The Hall–Kier alpha value is -3.42. The van der Waals surface area contributed by atoms with Gasteiger partial charge in [-0.25, -0.2) is 13.8 Å². The number of aliphatic imine (C=N–C) groups is 1. The highest BCUT2D eigenvalue weighted by molar-refractivity contribution is 6.00. The molecule has 3 aromatic rings. The topological polar surface area (TPSA) is 70.1 Å². The molecule has 0 aliphatic carbocycles. The Morgan fingerprint density at radius 3 is 2.46 bits per heavy atom. The molecule has 1 aliphatic rings. The highest BCUT2D eigenvalue weighted by atomic mass is 19.1. The van der Waals surface area contributed by atoms with Gasteiger partial charge in [-0.05, 0) is 48.4 Å². The second-order valence-corrected chi connectivity index (χ2v) is 6.51. The molecule has 0 fully saturated rings. The number of amidine groups is 1. The maximum absolute atomic E-state index is 14.3. The van der Waals surface area contributed by atoms with Crippen LogP contribution in [0, 0.1) is 17.6 Å². The number of halogens is 3. The van der Waals surface area contributed by atoms with E-state index in [1.165, 1.54) is 24.4 Å². The summed E-state index contributed by atoms with van der Waals surface area (Å²) < 4.78 is 41.7. The van der Waals surface area contributed by atoms with Crippen molar-refractivity contribution in [3.05, 3.63) is 99.5 Å². The first-order valence-electron chi connectivity index (χ1n) is 8.53. The lowest BCUT2D eigenvalue weighted by Gasteiger charge is -2.35. The number of hydrogen-bond acceptors (Lipinski definition) is 4. The molecule has 4 rings (SSSR count). The van der Waals surface area contributed by atoms with Crippen LogP contribution in [0.3, 0.4) is 0 Å². The van der Waals surface area contributed by atoms with Gasteiger partial charge in [-0.15, -0.1) is 0 Å². The van der Waals surface area contributed by atoms with Crippen molar-refractivity contribution in [1.82, 2.24) is 15.3 Å². The summed E-state index contributed by atoms with van der Waals surface area (Å²) in [4.78, 5) is 22.1. The third-order valence-corrected chi connectivity index (χ3v) is 4.85. The van der Waals surface area contributed by atoms with E-state index in [0.29, 0.717) is 11.1 Å². The largest absolute Gasteiger partial charge is 0.353 e. The summed E-state index contributed by atoms with van der Waals surface area (Å²) in [6.07, 6.45) is 1.31.